The van der Waals surface area contributed by atoms with Crippen LogP contribution in [-0.2, 0) is 32.5 Å². The second-order valence-corrected chi connectivity index (χ2v) is 20.4. The second kappa shape index (κ2) is 24.6. The lowest BCUT2D eigenvalue weighted by Gasteiger charge is -2.43. The van der Waals surface area contributed by atoms with Crippen molar-refractivity contribution in [1.82, 2.24) is 43.7 Å². The molecule has 18 nitrogen and oxygen atoms in total. The maximum absolute atomic E-state index is 14.3. The van der Waals surface area contributed by atoms with Crippen LogP contribution in [0.2, 0.25) is 0 Å². The number of amides is 2. The molecule has 0 saturated carbocycles. The van der Waals surface area contributed by atoms with E-state index in [1.54, 1.807) is 77.4 Å². The van der Waals surface area contributed by atoms with E-state index >= 15 is 0 Å². The van der Waals surface area contributed by atoms with Crippen LogP contribution in [0.4, 0.5) is 0 Å². The Balaban J connectivity index is 1.33. The summed E-state index contributed by atoms with van der Waals surface area (Å²) in [6.07, 6.45) is 6.36. The molecule has 0 fully saturated rings. The first-order valence-corrected chi connectivity index (χ1v) is 26.3. The molecule has 2 amide bonds. The molecule has 0 saturated heterocycles. The number of carbonyl (C=O) groups excluding carboxylic acids is 2. The highest BCUT2D eigenvalue weighted by atomic mass is 31.2. The van der Waals surface area contributed by atoms with Crippen LogP contribution in [0.3, 0.4) is 0 Å². The summed E-state index contributed by atoms with van der Waals surface area (Å²) in [5.74, 6) is -0.321. The quantitative estimate of drug-likeness (QED) is 0.0369. The van der Waals surface area contributed by atoms with Crippen molar-refractivity contribution in [2.24, 2.45) is 15.4 Å². The Labute approximate surface area is 446 Å². The summed E-state index contributed by atoms with van der Waals surface area (Å²) >= 11 is 0. The molecule has 77 heavy (non-hydrogen) atoms. The predicted molar refractivity (Wildman–Crippen MR) is 292 cm³/mol. The molecule has 1 atom stereocenters. The summed E-state index contributed by atoms with van der Waals surface area (Å²) in [4.78, 5) is 63.0. The molecule has 1 unspecified atom stereocenters. The molecule has 0 spiro atoms. The number of nitrogens with zero attached hydrogens (tertiary/aromatic N) is 10. The van der Waals surface area contributed by atoms with Crippen LogP contribution >= 0.6 is 8.53 Å². The van der Waals surface area contributed by atoms with Gasteiger partial charge in [-0.25, -0.2) is 24.6 Å². The molecule has 392 valence electrons. The SMILES string of the molecule is COc1ccc(C(OCC(COP(OCCC#N)N(C(C)C)C(C)C)(Cn2cnc3nc[nH]c3c2=NC(=O)c2ccccc2)Cn2cnc3nc[nH]c3c2=NC(=O)c2ccccc2)(c2ccccc2)c2ccccc2)cc1. The number of nitrogens with one attached hydrogen (secondary N) is 2. The van der Waals surface area contributed by atoms with Crippen molar-refractivity contribution in [2.75, 3.05) is 26.9 Å². The van der Waals surface area contributed by atoms with Gasteiger partial charge in [0.15, 0.2) is 22.3 Å². The van der Waals surface area contributed by atoms with Crippen molar-refractivity contribution in [1.29, 1.82) is 5.26 Å². The Kier molecular flexibility index (Phi) is 17.1. The standard InChI is InChI=1S/C58H59N12O6P/c1-41(2)70(42(3)4)77(75-32-18-31-59)76-36-57(33-68-39-64-51-49(60-37-62-51)53(68)66-55(71)43-19-10-6-11-20-43,34-69-40-65-52-50(61-38-63-52)54(69)67-56(72)44-21-12-7-13-22-44)35-74-58(45-23-14-8-15-24-45,46-25-16-9-17-26-46)47-27-29-48(73-5)30-28-47/h6-17,19-30,37-42H,18,32-36H2,1-5H3,(H,60,62)(H,61,63). The lowest BCUT2D eigenvalue weighted by Crippen LogP contribution is -2.48. The minimum Gasteiger partial charge on any atom is -0.497 e. The first kappa shape index (κ1) is 53.5. The minimum atomic E-state index is -1.87. The highest BCUT2D eigenvalue weighted by Crippen LogP contribution is 2.49. The Morgan fingerprint density at radius 3 is 1.53 bits per heavy atom. The van der Waals surface area contributed by atoms with Gasteiger partial charge in [0.05, 0.1) is 70.1 Å². The largest absolute Gasteiger partial charge is 0.497 e. The number of benzene rings is 5. The molecule has 0 aliphatic heterocycles. The van der Waals surface area contributed by atoms with E-state index in [1.807, 2.05) is 97.1 Å². The second-order valence-electron chi connectivity index (χ2n) is 18.9. The summed E-state index contributed by atoms with van der Waals surface area (Å²) in [5, 5.41) is 9.72. The topological polar surface area (TPSA) is 216 Å². The normalized spacial score (nSPS) is 13.6. The molecule has 9 aromatic rings. The van der Waals surface area contributed by atoms with E-state index in [0.29, 0.717) is 39.2 Å². The Bertz CT molecular complexity index is 3410. The summed E-state index contributed by atoms with van der Waals surface area (Å²) in [7, 11) is -0.246. The Morgan fingerprint density at radius 1 is 0.636 bits per heavy atom. The van der Waals surface area contributed by atoms with Gasteiger partial charge in [-0.15, -0.1) is 0 Å². The van der Waals surface area contributed by atoms with Gasteiger partial charge in [-0.3, -0.25) is 9.59 Å². The fraction of sp³-hybridized carbons (Fsp3) is 0.259. The van der Waals surface area contributed by atoms with E-state index in [1.165, 1.54) is 12.7 Å². The number of carbonyl (C=O) groups is 2. The van der Waals surface area contributed by atoms with Gasteiger partial charge < -0.3 is 37.6 Å². The van der Waals surface area contributed by atoms with Crippen molar-refractivity contribution >= 4 is 42.7 Å². The van der Waals surface area contributed by atoms with Crippen molar-refractivity contribution in [3.05, 3.63) is 210 Å². The molecular weight excluding hydrogens is 992 g/mol. The van der Waals surface area contributed by atoms with Crippen LogP contribution in [0.5, 0.6) is 5.75 Å². The van der Waals surface area contributed by atoms with Gasteiger partial charge in [-0.2, -0.15) is 15.2 Å². The smallest absolute Gasteiger partial charge is 0.279 e. The lowest BCUT2D eigenvalue weighted by molar-refractivity contribution is -0.0703. The zero-order valence-electron chi connectivity index (χ0n) is 43.4. The zero-order chi connectivity index (χ0) is 53.8. The van der Waals surface area contributed by atoms with Crippen LogP contribution in [0.15, 0.2) is 181 Å². The zero-order valence-corrected chi connectivity index (χ0v) is 44.3. The maximum Gasteiger partial charge on any atom is 0.279 e. The van der Waals surface area contributed by atoms with Gasteiger partial charge in [0.2, 0.25) is 0 Å². The number of nitriles is 1. The highest BCUT2D eigenvalue weighted by molar-refractivity contribution is 7.44. The monoisotopic (exact) mass is 1050 g/mol. The number of aromatic amines is 2. The summed E-state index contributed by atoms with van der Waals surface area (Å²) in [6.45, 7) is 8.21. The molecule has 4 aromatic heterocycles. The number of imidazole rings is 2. The minimum absolute atomic E-state index is 0.00292. The average molecular weight is 1050 g/mol. The van der Waals surface area contributed by atoms with E-state index in [9.17, 15) is 14.9 Å². The van der Waals surface area contributed by atoms with E-state index in [-0.39, 0.29) is 62.4 Å². The van der Waals surface area contributed by atoms with E-state index in [4.69, 9.17) is 38.5 Å². The Hall–Kier alpha value is -8.30. The molecule has 19 heteroatoms. The molecule has 0 radical (unpaired) electrons. The van der Waals surface area contributed by atoms with Crippen molar-refractivity contribution in [2.45, 2.75) is 64.9 Å². The molecule has 0 aliphatic carbocycles. The lowest BCUT2D eigenvalue weighted by atomic mass is 9.79. The molecule has 2 N–H and O–H groups in total. The summed E-state index contributed by atoms with van der Waals surface area (Å²) in [5.41, 5.74) is 2.62. The van der Waals surface area contributed by atoms with Gasteiger partial charge in [0.25, 0.3) is 20.3 Å². The van der Waals surface area contributed by atoms with E-state index < -0.39 is 31.4 Å². The van der Waals surface area contributed by atoms with Crippen LogP contribution in [0.1, 0.15) is 71.5 Å². The molecule has 0 aliphatic rings. The number of fused-ring (bicyclic) bond motifs is 2. The molecule has 0 bridgehead atoms. The van der Waals surface area contributed by atoms with Crippen molar-refractivity contribution in [3.63, 3.8) is 0 Å². The van der Waals surface area contributed by atoms with Crippen LogP contribution in [-0.4, -0.2) is 94.5 Å². The number of hydrogen-bond acceptors (Lipinski definition) is 12. The van der Waals surface area contributed by atoms with Crippen LogP contribution in [0, 0.1) is 16.7 Å². The number of H-pyrrole nitrogens is 2. The first-order chi connectivity index (χ1) is 37.5. The third-order valence-corrected chi connectivity index (χ3v) is 15.0. The van der Waals surface area contributed by atoms with Crippen molar-refractivity contribution in [3.8, 4) is 11.8 Å². The van der Waals surface area contributed by atoms with Gasteiger partial charge in [0, 0.05) is 36.3 Å². The fourth-order valence-corrected chi connectivity index (χ4v) is 11.1. The van der Waals surface area contributed by atoms with Gasteiger partial charge in [0.1, 0.15) is 22.4 Å². The third-order valence-electron chi connectivity index (χ3n) is 12.9. The van der Waals surface area contributed by atoms with Crippen LogP contribution < -0.4 is 15.7 Å². The summed E-state index contributed by atoms with van der Waals surface area (Å²) < 4.78 is 33.2. The van der Waals surface area contributed by atoms with Crippen LogP contribution in [0.25, 0.3) is 22.3 Å². The molecular formula is C58H59N12O6P. The molecule has 4 heterocycles. The third kappa shape index (κ3) is 12.1. The number of rotatable bonds is 22. The number of ether oxygens (including phenoxy) is 2. The van der Waals surface area contributed by atoms with E-state index in [0.717, 1.165) is 16.7 Å². The number of aromatic nitrogens is 8. The van der Waals surface area contributed by atoms with Crippen molar-refractivity contribution < 1.29 is 28.1 Å². The van der Waals surface area contributed by atoms with Gasteiger partial charge in [-0.1, -0.05) is 109 Å². The average Bonchev–Trinajstić information content (AvgIpc) is 4.19. The van der Waals surface area contributed by atoms with E-state index in [2.05, 4.69) is 58.4 Å². The number of methoxy groups -OCH3 is 1. The van der Waals surface area contributed by atoms with Gasteiger partial charge >= 0.3 is 0 Å². The molecule has 5 aromatic carbocycles. The molecule has 9 rings (SSSR count). The first-order valence-electron chi connectivity index (χ1n) is 25.2. The predicted octanol–water partition coefficient (Wildman–Crippen LogP) is 9.31. The number of hydrogen-bond donors (Lipinski definition) is 2. The maximum atomic E-state index is 14.3. The Morgan fingerprint density at radius 2 is 1.09 bits per heavy atom. The fourth-order valence-electron chi connectivity index (χ4n) is 9.38. The van der Waals surface area contributed by atoms with Gasteiger partial charge in [-0.05, 0) is 80.8 Å². The highest BCUT2D eigenvalue weighted by Gasteiger charge is 2.44. The summed E-state index contributed by atoms with van der Waals surface area (Å²) in [6, 6.07) is 47.6.